The number of rotatable bonds is 2. The lowest BCUT2D eigenvalue weighted by Gasteiger charge is -2.34. The Hall–Kier alpha value is -2.30. The summed E-state index contributed by atoms with van der Waals surface area (Å²) in [4.78, 5) is 27.6. The maximum atomic E-state index is 12.8. The number of hydrogen-bond donors (Lipinski definition) is 0. The largest absolute Gasteiger partial charge is 0.326 e. The highest BCUT2D eigenvalue weighted by molar-refractivity contribution is 5.94. The van der Waals surface area contributed by atoms with E-state index in [4.69, 9.17) is 0 Å². The van der Waals surface area contributed by atoms with Crippen LogP contribution in [0.1, 0.15) is 41.6 Å². The quantitative estimate of drug-likeness (QED) is 0.848. The summed E-state index contributed by atoms with van der Waals surface area (Å²) in [5.74, 6) is 0.713. The minimum atomic E-state index is -0.445. The molecule has 3 heterocycles. The first-order valence-electron chi connectivity index (χ1n) is 7.13. The van der Waals surface area contributed by atoms with Gasteiger partial charge in [-0.1, -0.05) is 0 Å². The molecule has 1 aliphatic heterocycles. The van der Waals surface area contributed by atoms with Crippen LogP contribution in [0.4, 0.5) is 0 Å². The topological polar surface area (TPSA) is 59.0 Å². The molecule has 0 N–H and O–H groups in total. The Bertz CT molecular complexity index is 658. The van der Waals surface area contributed by atoms with Crippen molar-refractivity contribution in [1.29, 1.82) is 0 Å². The normalized spacial score (nSPS) is 21.5. The maximum Gasteiger partial charge on any atom is 0.256 e. The van der Waals surface area contributed by atoms with Crippen LogP contribution in [-0.2, 0) is 5.54 Å². The van der Waals surface area contributed by atoms with Gasteiger partial charge in [-0.05, 0) is 44.9 Å². The third kappa shape index (κ3) is 2.39. The van der Waals surface area contributed by atoms with Gasteiger partial charge in [0, 0.05) is 30.8 Å². The van der Waals surface area contributed by atoms with Crippen LogP contribution in [0.5, 0.6) is 0 Å². The molecule has 21 heavy (non-hydrogen) atoms. The Labute approximate surface area is 124 Å². The molecule has 5 heteroatoms. The molecule has 1 aliphatic rings. The predicted octanol–water partition coefficient (Wildman–Crippen LogP) is 2.33. The van der Waals surface area contributed by atoms with Gasteiger partial charge in [0.05, 0.1) is 5.56 Å². The molecular weight excluding hydrogens is 264 g/mol. The van der Waals surface area contributed by atoms with Gasteiger partial charge in [-0.2, -0.15) is 0 Å². The number of aryl methyl sites for hydroxylation is 1. The van der Waals surface area contributed by atoms with E-state index in [2.05, 4.69) is 15.0 Å². The van der Waals surface area contributed by atoms with Crippen molar-refractivity contribution in [2.45, 2.75) is 32.2 Å². The minimum absolute atomic E-state index is 0.00629. The fraction of sp³-hybridized carbons (Fsp3) is 0.375. The molecule has 108 valence electrons. The molecule has 0 aliphatic carbocycles. The Balaban J connectivity index is 1.97. The van der Waals surface area contributed by atoms with Crippen LogP contribution in [0, 0.1) is 6.92 Å². The zero-order valence-electron chi connectivity index (χ0n) is 12.3. The summed E-state index contributed by atoms with van der Waals surface area (Å²) >= 11 is 0. The summed E-state index contributed by atoms with van der Waals surface area (Å²) in [5.41, 5.74) is 1.08. The van der Waals surface area contributed by atoms with E-state index >= 15 is 0 Å². The number of likely N-dealkylation sites (tertiary alicyclic amines) is 1. The Kier molecular flexibility index (Phi) is 3.41. The highest BCUT2D eigenvalue weighted by Crippen LogP contribution is 2.37. The van der Waals surface area contributed by atoms with Crippen molar-refractivity contribution in [3.63, 3.8) is 0 Å². The van der Waals surface area contributed by atoms with Crippen molar-refractivity contribution >= 4 is 5.91 Å². The number of aromatic nitrogens is 3. The summed E-state index contributed by atoms with van der Waals surface area (Å²) in [7, 11) is 0. The molecule has 0 saturated carbocycles. The van der Waals surface area contributed by atoms with E-state index in [1.54, 1.807) is 30.7 Å². The van der Waals surface area contributed by atoms with E-state index in [1.165, 1.54) is 0 Å². The smallest absolute Gasteiger partial charge is 0.256 e. The second kappa shape index (κ2) is 5.24. The van der Waals surface area contributed by atoms with Crippen molar-refractivity contribution < 1.29 is 4.79 Å². The Morgan fingerprint density at radius 1 is 1.33 bits per heavy atom. The van der Waals surface area contributed by atoms with Crippen LogP contribution in [0.2, 0.25) is 0 Å². The van der Waals surface area contributed by atoms with Gasteiger partial charge in [0.1, 0.15) is 5.54 Å². The van der Waals surface area contributed by atoms with E-state index in [1.807, 2.05) is 24.8 Å². The highest BCUT2D eigenvalue weighted by atomic mass is 16.2. The SMILES string of the molecule is Cc1ccnc([C@]2(C)CCCN2C(=O)c2cccnc2)n1. The van der Waals surface area contributed by atoms with Gasteiger partial charge in [-0.3, -0.25) is 9.78 Å². The molecule has 1 atom stereocenters. The Morgan fingerprint density at radius 3 is 2.90 bits per heavy atom. The molecule has 0 spiro atoms. The lowest BCUT2D eigenvalue weighted by molar-refractivity contribution is 0.0603. The molecule has 5 nitrogen and oxygen atoms in total. The first kappa shape index (κ1) is 13.7. The number of nitrogens with zero attached hydrogens (tertiary/aromatic N) is 4. The summed E-state index contributed by atoms with van der Waals surface area (Å²) in [6.45, 7) is 4.71. The first-order valence-corrected chi connectivity index (χ1v) is 7.13. The number of carbonyl (C=O) groups excluding carboxylic acids is 1. The van der Waals surface area contributed by atoms with Gasteiger partial charge in [-0.15, -0.1) is 0 Å². The first-order chi connectivity index (χ1) is 10.1. The van der Waals surface area contributed by atoms with Crippen molar-refractivity contribution in [2.24, 2.45) is 0 Å². The fourth-order valence-corrected chi connectivity index (χ4v) is 2.87. The molecule has 1 amide bonds. The van der Waals surface area contributed by atoms with Crippen LogP contribution < -0.4 is 0 Å². The van der Waals surface area contributed by atoms with Gasteiger partial charge < -0.3 is 4.90 Å². The molecule has 1 fully saturated rings. The summed E-state index contributed by atoms with van der Waals surface area (Å²) in [6.07, 6.45) is 6.87. The zero-order valence-corrected chi connectivity index (χ0v) is 12.3. The van der Waals surface area contributed by atoms with Crippen molar-refractivity contribution in [3.05, 3.63) is 53.9 Å². The lowest BCUT2D eigenvalue weighted by Crippen LogP contribution is -2.44. The molecule has 0 bridgehead atoms. The third-order valence-corrected chi connectivity index (χ3v) is 4.07. The summed E-state index contributed by atoms with van der Waals surface area (Å²) < 4.78 is 0. The summed E-state index contributed by atoms with van der Waals surface area (Å²) in [5, 5.41) is 0. The van der Waals surface area contributed by atoms with Gasteiger partial charge in [0.2, 0.25) is 0 Å². The average Bonchev–Trinajstić information content (AvgIpc) is 2.91. The van der Waals surface area contributed by atoms with E-state index in [9.17, 15) is 4.79 Å². The van der Waals surface area contributed by atoms with Gasteiger partial charge in [-0.25, -0.2) is 9.97 Å². The van der Waals surface area contributed by atoms with E-state index in [0.29, 0.717) is 5.56 Å². The molecule has 3 rings (SSSR count). The second-order valence-electron chi connectivity index (χ2n) is 5.60. The monoisotopic (exact) mass is 282 g/mol. The number of pyridine rings is 1. The van der Waals surface area contributed by atoms with Crippen molar-refractivity contribution in [2.75, 3.05) is 6.54 Å². The lowest BCUT2D eigenvalue weighted by atomic mass is 9.97. The van der Waals surface area contributed by atoms with E-state index in [0.717, 1.165) is 30.9 Å². The molecular formula is C16H18N4O. The highest BCUT2D eigenvalue weighted by Gasteiger charge is 2.43. The van der Waals surface area contributed by atoms with E-state index in [-0.39, 0.29) is 5.91 Å². The summed E-state index contributed by atoms with van der Waals surface area (Å²) in [6, 6.07) is 5.45. The molecule has 0 unspecified atom stereocenters. The van der Waals surface area contributed by atoms with Gasteiger partial charge in [0.25, 0.3) is 5.91 Å². The van der Waals surface area contributed by atoms with E-state index < -0.39 is 5.54 Å². The fourth-order valence-electron chi connectivity index (χ4n) is 2.87. The number of amides is 1. The third-order valence-electron chi connectivity index (χ3n) is 4.07. The standard InChI is InChI=1S/C16H18N4O/c1-12-6-9-18-15(19-12)16(2)7-4-10-20(16)14(21)13-5-3-8-17-11-13/h3,5-6,8-9,11H,4,7,10H2,1-2H3/t16-/m0/s1. The Morgan fingerprint density at radius 2 is 2.19 bits per heavy atom. The van der Waals surface area contributed by atoms with Gasteiger partial charge in [0.15, 0.2) is 5.82 Å². The molecule has 2 aromatic rings. The van der Waals surface area contributed by atoms with Crippen molar-refractivity contribution in [1.82, 2.24) is 19.9 Å². The van der Waals surface area contributed by atoms with Crippen LogP contribution in [0.25, 0.3) is 0 Å². The number of carbonyl (C=O) groups is 1. The predicted molar refractivity (Wildman–Crippen MR) is 78.6 cm³/mol. The molecule has 0 radical (unpaired) electrons. The van der Waals surface area contributed by atoms with Crippen LogP contribution in [0.3, 0.4) is 0 Å². The maximum absolute atomic E-state index is 12.8. The van der Waals surface area contributed by atoms with Crippen LogP contribution >= 0.6 is 0 Å². The minimum Gasteiger partial charge on any atom is -0.326 e. The molecule has 0 aromatic carbocycles. The van der Waals surface area contributed by atoms with Gasteiger partial charge >= 0.3 is 0 Å². The van der Waals surface area contributed by atoms with Crippen LogP contribution in [-0.4, -0.2) is 32.3 Å². The zero-order chi connectivity index (χ0) is 14.9. The van der Waals surface area contributed by atoms with Crippen LogP contribution in [0.15, 0.2) is 36.8 Å². The molecule has 1 saturated heterocycles. The number of hydrogen-bond acceptors (Lipinski definition) is 4. The molecule has 2 aromatic heterocycles. The van der Waals surface area contributed by atoms with Crippen molar-refractivity contribution in [3.8, 4) is 0 Å². The second-order valence-corrected chi connectivity index (χ2v) is 5.60. The average molecular weight is 282 g/mol.